The molecule has 148 valence electrons. The highest BCUT2D eigenvalue weighted by atomic mass is 35.5. The second-order valence-electron chi connectivity index (χ2n) is 6.66. The smallest absolute Gasteiger partial charge is 0.305 e. The van der Waals surface area contributed by atoms with E-state index in [2.05, 4.69) is 31.0 Å². The molecule has 2 heterocycles. The summed E-state index contributed by atoms with van der Waals surface area (Å²) in [7, 11) is 0. The Morgan fingerprint density at radius 2 is 1.93 bits per heavy atom. The molecule has 0 unspecified atom stereocenters. The number of rotatable bonds is 8. The quantitative estimate of drug-likeness (QED) is 0.543. The van der Waals surface area contributed by atoms with E-state index in [1.54, 1.807) is 17.5 Å². The first-order valence-electron chi connectivity index (χ1n) is 8.95. The minimum absolute atomic E-state index is 0. The molecule has 7 heteroatoms. The van der Waals surface area contributed by atoms with Crippen molar-refractivity contribution in [3.63, 3.8) is 0 Å². The van der Waals surface area contributed by atoms with Gasteiger partial charge in [0.2, 0.25) is 0 Å². The molecular weight excluding hydrogens is 394 g/mol. The van der Waals surface area contributed by atoms with Gasteiger partial charge in [0.25, 0.3) is 0 Å². The highest BCUT2D eigenvalue weighted by molar-refractivity contribution is 7.09. The van der Waals surface area contributed by atoms with Gasteiger partial charge in [0.1, 0.15) is 5.82 Å². The Kier molecular flexibility index (Phi) is 7.96. The van der Waals surface area contributed by atoms with Gasteiger partial charge in [0.15, 0.2) is 5.82 Å². The van der Waals surface area contributed by atoms with Gasteiger partial charge in [-0.05, 0) is 29.0 Å². The van der Waals surface area contributed by atoms with Crippen LogP contribution in [0.3, 0.4) is 0 Å². The van der Waals surface area contributed by atoms with Crippen molar-refractivity contribution in [2.75, 3.05) is 11.4 Å². The van der Waals surface area contributed by atoms with Crippen LogP contribution in [0.1, 0.15) is 36.6 Å². The summed E-state index contributed by atoms with van der Waals surface area (Å²) in [6.07, 6.45) is 1.80. The van der Waals surface area contributed by atoms with Gasteiger partial charge in [-0.15, -0.1) is 23.7 Å². The maximum atomic E-state index is 11.1. The minimum Gasteiger partial charge on any atom is -0.481 e. The molecule has 0 atom stereocenters. The van der Waals surface area contributed by atoms with E-state index in [0.717, 1.165) is 11.4 Å². The molecule has 0 fully saturated rings. The Morgan fingerprint density at radius 1 is 1.18 bits per heavy atom. The zero-order chi connectivity index (χ0) is 19.2. The number of aliphatic carboxylic acids is 1. The van der Waals surface area contributed by atoms with Crippen molar-refractivity contribution < 1.29 is 9.90 Å². The number of halogens is 1. The fourth-order valence-corrected chi connectivity index (χ4v) is 3.50. The van der Waals surface area contributed by atoms with Crippen LogP contribution in [-0.4, -0.2) is 27.6 Å². The third-order valence-electron chi connectivity index (χ3n) is 4.32. The lowest BCUT2D eigenvalue weighted by atomic mass is 10.0. The molecule has 2 aromatic heterocycles. The first kappa shape index (κ1) is 21.9. The van der Waals surface area contributed by atoms with Crippen LogP contribution in [0, 0.1) is 0 Å². The van der Waals surface area contributed by atoms with Crippen LogP contribution >= 0.6 is 23.7 Å². The van der Waals surface area contributed by atoms with E-state index in [1.807, 2.05) is 40.6 Å². The third-order valence-corrected chi connectivity index (χ3v) is 5.18. The van der Waals surface area contributed by atoms with Gasteiger partial charge in [-0.1, -0.05) is 44.2 Å². The van der Waals surface area contributed by atoms with Gasteiger partial charge in [0.05, 0.1) is 13.0 Å². The Bertz CT molecular complexity index is 883. The van der Waals surface area contributed by atoms with Crippen molar-refractivity contribution in [1.82, 2.24) is 9.97 Å². The van der Waals surface area contributed by atoms with Gasteiger partial charge in [-0.2, -0.15) is 0 Å². The fourth-order valence-electron chi connectivity index (χ4n) is 2.78. The Labute approximate surface area is 175 Å². The van der Waals surface area contributed by atoms with Crippen LogP contribution in [0.15, 0.2) is 54.0 Å². The van der Waals surface area contributed by atoms with E-state index in [1.165, 1.54) is 10.4 Å². The maximum Gasteiger partial charge on any atom is 0.305 e. The Hall–Kier alpha value is -2.44. The minimum atomic E-state index is -0.815. The number of benzene rings is 1. The summed E-state index contributed by atoms with van der Waals surface area (Å²) in [4.78, 5) is 23.3. The van der Waals surface area contributed by atoms with Gasteiger partial charge in [-0.3, -0.25) is 4.79 Å². The number of carboxylic acid groups (broad SMARTS) is 1. The second-order valence-corrected chi connectivity index (χ2v) is 7.69. The van der Waals surface area contributed by atoms with E-state index < -0.39 is 5.97 Å². The van der Waals surface area contributed by atoms with Crippen molar-refractivity contribution in [3.8, 4) is 11.4 Å². The molecule has 0 bridgehead atoms. The zero-order valence-electron chi connectivity index (χ0n) is 15.9. The molecule has 0 saturated carbocycles. The largest absolute Gasteiger partial charge is 0.481 e. The molecule has 0 aliphatic rings. The summed E-state index contributed by atoms with van der Waals surface area (Å²) >= 11 is 1.65. The number of aromatic nitrogens is 2. The van der Waals surface area contributed by atoms with Crippen molar-refractivity contribution >= 4 is 35.5 Å². The van der Waals surface area contributed by atoms with E-state index in [4.69, 9.17) is 10.1 Å². The average molecular weight is 418 g/mol. The lowest BCUT2D eigenvalue weighted by Crippen LogP contribution is -2.26. The number of hydrogen-bond donors (Lipinski definition) is 1. The fraction of sp³-hybridized carbons (Fsp3) is 0.286. The average Bonchev–Trinajstić information content (AvgIpc) is 3.18. The molecule has 0 aliphatic heterocycles. The molecule has 0 radical (unpaired) electrons. The monoisotopic (exact) mass is 417 g/mol. The lowest BCUT2D eigenvalue weighted by Gasteiger charge is -2.22. The second kappa shape index (κ2) is 10.2. The summed E-state index contributed by atoms with van der Waals surface area (Å²) in [5.41, 5.74) is 2.23. The molecule has 1 aromatic carbocycles. The first-order valence-corrected chi connectivity index (χ1v) is 9.83. The van der Waals surface area contributed by atoms with E-state index in [9.17, 15) is 4.79 Å². The van der Waals surface area contributed by atoms with Gasteiger partial charge < -0.3 is 10.0 Å². The van der Waals surface area contributed by atoms with Crippen molar-refractivity contribution in [2.45, 2.75) is 32.7 Å². The zero-order valence-corrected chi connectivity index (χ0v) is 17.5. The highest BCUT2D eigenvalue weighted by Gasteiger charge is 2.13. The normalized spacial score (nSPS) is 10.5. The topological polar surface area (TPSA) is 66.3 Å². The number of thiophene rings is 1. The molecule has 3 rings (SSSR count). The molecule has 3 aromatic rings. The summed E-state index contributed by atoms with van der Waals surface area (Å²) in [6, 6.07) is 14.2. The number of carbonyl (C=O) groups is 1. The molecule has 0 saturated heterocycles. The lowest BCUT2D eigenvalue weighted by molar-refractivity contribution is -0.136. The highest BCUT2D eigenvalue weighted by Crippen LogP contribution is 2.23. The van der Waals surface area contributed by atoms with Gasteiger partial charge in [-0.25, -0.2) is 9.97 Å². The molecular formula is C21H24ClN3O2S. The Balaban J connectivity index is 0.00000280. The van der Waals surface area contributed by atoms with Crippen LogP contribution in [0.5, 0.6) is 0 Å². The standard InChI is InChI=1S/C21H23N3O2S.ClH/c1-15(2)16-5-7-17(8-6-16)21-22-11-9-19(23-21)24(12-10-20(25)26)14-18-4-3-13-27-18;/h3-9,11,13,15H,10,12,14H2,1-2H3,(H,25,26);1H. The number of nitrogens with zero attached hydrogens (tertiary/aromatic N) is 3. The van der Waals surface area contributed by atoms with Crippen LogP contribution in [0.4, 0.5) is 5.82 Å². The van der Waals surface area contributed by atoms with E-state index in [0.29, 0.717) is 24.8 Å². The van der Waals surface area contributed by atoms with Crippen LogP contribution in [0.25, 0.3) is 11.4 Å². The molecule has 28 heavy (non-hydrogen) atoms. The summed E-state index contributed by atoms with van der Waals surface area (Å²) in [6.45, 7) is 5.36. The summed E-state index contributed by atoms with van der Waals surface area (Å²) in [5.74, 6) is 1.05. The van der Waals surface area contributed by atoms with E-state index in [-0.39, 0.29) is 18.8 Å². The third kappa shape index (κ3) is 5.78. The molecule has 0 amide bonds. The van der Waals surface area contributed by atoms with Crippen molar-refractivity contribution in [2.24, 2.45) is 0 Å². The van der Waals surface area contributed by atoms with Gasteiger partial charge >= 0.3 is 5.97 Å². The first-order chi connectivity index (χ1) is 13.0. The summed E-state index contributed by atoms with van der Waals surface area (Å²) in [5, 5.41) is 11.1. The SMILES string of the molecule is CC(C)c1ccc(-c2nccc(N(CCC(=O)O)Cc3cccs3)n2)cc1.Cl. The number of carboxylic acids is 1. The van der Waals surface area contributed by atoms with Crippen molar-refractivity contribution in [3.05, 3.63) is 64.5 Å². The van der Waals surface area contributed by atoms with Crippen molar-refractivity contribution in [1.29, 1.82) is 0 Å². The van der Waals surface area contributed by atoms with Crippen LogP contribution in [-0.2, 0) is 11.3 Å². The number of anilines is 1. The molecule has 5 nitrogen and oxygen atoms in total. The van der Waals surface area contributed by atoms with E-state index >= 15 is 0 Å². The number of hydrogen-bond acceptors (Lipinski definition) is 5. The summed E-state index contributed by atoms with van der Waals surface area (Å²) < 4.78 is 0. The Morgan fingerprint density at radius 3 is 2.54 bits per heavy atom. The predicted molar refractivity (Wildman–Crippen MR) is 116 cm³/mol. The predicted octanol–water partition coefficient (Wildman–Crippen LogP) is 5.23. The maximum absolute atomic E-state index is 11.1. The molecule has 1 N–H and O–H groups in total. The molecule has 0 spiro atoms. The van der Waals surface area contributed by atoms with Gasteiger partial charge in [0, 0.05) is 23.2 Å². The van der Waals surface area contributed by atoms with Crippen LogP contribution in [0.2, 0.25) is 0 Å². The molecule has 0 aliphatic carbocycles. The van der Waals surface area contributed by atoms with Crippen LogP contribution < -0.4 is 4.90 Å².